The lowest BCUT2D eigenvalue weighted by atomic mass is 9.94. The van der Waals surface area contributed by atoms with Gasteiger partial charge < -0.3 is 15.2 Å². The van der Waals surface area contributed by atoms with E-state index < -0.39 is 5.54 Å². The molecule has 0 radical (unpaired) electrons. The van der Waals surface area contributed by atoms with Crippen molar-refractivity contribution in [2.45, 2.75) is 45.1 Å². The molecule has 0 unspecified atom stereocenters. The monoisotopic (exact) mass is 229 g/mol. The maximum absolute atomic E-state index is 11.6. The lowest BCUT2D eigenvalue weighted by molar-refractivity contribution is -0.123. The van der Waals surface area contributed by atoms with Gasteiger partial charge in [0.15, 0.2) is 0 Å². The third-order valence-electron chi connectivity index (χ3n) is 2.99. The van der Waals surface area contributed by atoms with Gasteiger partial charge in [-0.3, -0.25) is 4.79 Å². The van der Waals surface area contributed by atoms with Gasteiger partial charge in [-0.25, -0.2) is 0 Å². The first-order valence-electron chi connectivity index (χ1n) is 6.03. The largest absolute Gasteiger partial charge is 0.394 e. The van der Waals surface area contributed by atoms with Gasteiger partial charge in [0.25, 0.3) is 0 Å². The van der Waals surface area contributed by atoms with E-state index in [9.17, 15) is 4.79 Å². The van der Waals surface area contributed by atoms with Gasteiger partial charge in [0.2, 0.25) is 5.91 Å². The molecule has 0 spiro atoms. The van der Waals surface area contributed by atoms with Crippen LogP contribution in [-0.4, -0.2) is 36.4 Å². The van der Waals surface area contributed by atoms with Crippen molar-refractivity contribution >= 4 is 5.91 Å². The van der Waals surface area contributed by atoms with Crippen LogP contribution in [0.15, 0.2) is 0 Å². The van der Waals surface area contributed by atoms with Gasteiger partial charge in [0, 0.05) is 19.6 Å². The third-order valence-corrected chi connectivity index (χ3v) is 2.99. The van der Waals surface area contributed by atoms with E-state index in [1.54, 1.807) is 0 Å². The maximum Gasteiger partial charge on any atom is 0.220 e. The Hall–Kier alpha value is -0.610. The normalized spacial score (nSPS) is 18.4. The minimum Gasteiger partial charge on any atom is -0.394 e. The fourth-order valence-corrected chi connectivity index (χ4v) is 1.85. The number of aliphatic hydroxyl groups excluding tert-OH is 1. The van der Waals surface area contributed by atoms with Crippen LogP contribution in [0.1, 0.15) is 39.5 Å². The van der Waals surface area contributed by atoms with Crippen LogP contribution in [-0.2, 0) is 9.53 Å². The summed E-state index contributed by atoms with van der Waals surface area (Å²) in [6.45, 7) is 5.26. The molecular formula is C12H23NO3. The second-order valence-corrected chi connectivity index (χ2v) is 5.18. The Morgan fingerprint density at radius 3 is 2.62 bits per heavy atom. The van der Waals surface area contributed by atoms with Crippen molar-refractivity contribution in [2.75, 3.05) is 19.8 Å². The molecule has 1 saturated heterocycles. The summed E-state index contributed by atoms with van der Waals surface area (Å²) in [6, 6.07) is 0. The summed E-state index contributed by atoms with van der Waals surface area (Å²) in [7, 11) is 0. The van der Waals surface area contributed by atoms with E-state index in [1.807, 2.05) is 13.8 Å². The smallest absolute Gasteiger partial charge is 0.220 e. The summed E-state index contributed by atoms with van der Waals surface area (Å²) in [5.41, 5.74) is -0.507. The molecule has 4 heteroatoms. The van der Waals surface area contributed by atoms with Crippen LogP contribution in [0.2, 0.25) is 0 Å². The van der Waals surface area contributed by atoms with Crippen molar-refractivity contribution < 1.29 is 14.6 Å². The first kappa shape index (κ1) is 13.5. The number of nitrogens with one attached hydrogen (secondary N) is 1. The Balaban J connectivity index is 2.19. The van der Waals surface area contributed by atoms with Gasteiger partial charge in [-0.2, -0.15) is 0 Å². The number of carbonyl (C=O) groups excluding carboxylic acids is 1. The number of hydrogen-bond donors (Lipinski definition) is 2. The van der Waals surface area contributed by atoms with Gasteiger partial charge in [0.1, 0.15) is 0 Å². The minimum absolute atomic E-state index is 0.0317. The molecule has 0 aromatic rings. The van der Waals surface area contributed by atoms with Crippen LogP contribution in [0.4, 0.5) is 0 Å². The lowest BCUT2D eigenvalue weighted by Crippen LogP contribution is -2.46. The van der Waals surface area contributed by atoms with Crippen LogP contribution in [0.3, 0.4) is 0 Å². The fraction of sp³-hybridized carbons (Fsp3) is 0.917. The Morgan fingerprint density at radius 2 is 2.06 bits per heavy atom. The van der Waals surface area contributed by atoms with E-state index >= 15 is 0 Å². The molecule has 2 N–H and O–H groups in total. The molecule has 0 saturated carbocycles. The average molecular weight is 229 g/mol. The van der Waals surface area contributed by atoms with E-state index in [2.05, 4.69) is 5.32 Å². The zero-order valence-electron chi connectivity index (χ0n) is 10.3. The molecule has 1 fully saturated rings. The van der Waals surface area contributed by atoms with Crippen molar-refractivity contribution in [2.24, 2.45) is 5.92 Å². The van der Waals surface area contributed by atoms with Gasteiger partial charge in [-0.15, -0.1) is 0 Å². The summed E-state index contributed by atoms with van der Waals surface area (Å²) in [5, 5.41) is 11.9. The topological polar surface area (TPSA) is 58.6 Å². The number of rotatable bonds is 5. The minimum atomic E-state index is -0.507. The summed E-state index contributed by atoms with van der Waals surface area (Å²) in [5.74, 6) is 0.655. The second-order valence-electron chi connectivity index (χ2n) is 5.18. The molecule has 1 heterocycles. The molecular weight excluding hydrogens is 206 g/mol. The molecule has 0 aromatic heterocycles. The average Bonchev–Trinajstić information content (AvgIpc) is 2.27. The third kappa shape index (κ3) is 4.94. The van der Waals surface area contributed by atoms with Crippen LogP contribution in [0, 0.1) is 5.92 Å². The number of ether oxygens (including phenoxy) is 1. The molecule has 94 valence electrons. The molecule has 0 bridgehead atoms. The highest BCUT2D eigenvalue weighted by Gasteiger charge is 2.20. The number of hydrogen-bond acceptors (Lipinski definition) is 3. The van der Waals surface area contributed by atoms with Crippen LogP contribution in [0.25, 0.3) is 0 Å². The maximum atomic E-state index is 11.6. The second kappa shape index (κ2) is 6.21. The van der Waals surface area contributed by atoms with E-state index in [4.69, 9.17) is 9.84 Å². The van der Waals surface area contributed by atoms with Crippen LogP contribution >= 0.6 is 0 Å². The summed E-state index contributed by atoms with van der Waals surface area (Å²) >= 11 is 0. The molecule has 1 rings (SSSR count). The summed E-state index contributed by atoms with van der Waals surface area (Å²) in [6.07, 6.45) is 3.61. The molecule has 16 heavy (non-hydrogen) atoms. The lowest BCUT2D eigenvalue weighted by Gasteiger charge is -2.25. The quantitative estimate of drug-likeness (QED) is 0.741. The van der Waals surface area contributed by atoms with E-state index in [0.29, 0.717) is 12.3 Å². The Morgan fingerprint density at radius 1 is 1.44 bits per heavy atom. The van der Waals surface area contributed by atoms with Gasteiger partial charge in [-0.1, -0.05) is 0 Å². The summed E-state index contributed by atoms with van der Waals surface area (Å²) < 4.78 is 5.27. The van der Waals surface area contributed by atoms with E-state index in [-0.39, 0.29) is 12.5 Å². The number of aliphatic hydroxyl groups is 1. The molecule has 1 amide bonds. The standard InChI is InChI=1S/C12H23NO3/c1-12(2,9-14)13-11(15)4-3-10-5-7-16-8-6-10/h10,14H,3-9H2,1-2H3,(H,13,15). The first-order chi connectivity index (χ1) is 7.53. The number of carbonyl (C=O) groups is 1. The SMILES string of the molecule is CC(C)(CO)NC(=O)CCC1CCOCC1. The Bertz CT molecular complexity index is 222. The van der Waals surface area contributed by atoms with E-state index in [1.165, 1.54) is 0 Å². The van der Waals surface area contributed by atoms with Crippen molar-refractivity contribution in [1.29, 1.82) is 0 Å². The van der Waals surface area contributed by atoms with Crippen LogP contribution in [0.5, 0.6) is 0 Å². The predicted octanol–water partition coefficient (Wildman–Crippen LogP) is 1.08. The number of amides is 1. The molecule has 1 aliphatic rings. The zero-order chi connectivity index (χ0) is 12.0. The van der Waals surface area contributed by atoms with Gasteiger partial charge in [0.05, 0.1) is 12.1 Å². The molecule has 4 nitrogen and oxygen atoms in total. The zero-order valence-corrected chi connectivity index (χ0v) is 10.3. The van der Waals surface area contributed by atoms with Gasteiger partial charge in [-0.05, 0) is 39.0 Å². The molecule has 0 aromatic carbocycles. The summed E-state index contributed by atoms with van der Waals surface area (Å²) in [4.78, 5) is 11.6. The molecule has 0 atom stereocenters. The van der Waals surface area contributed by atoms with Crippen molar-refractivity contribution in [1.82, 2.24) is 5.32 Å². The van der Waals surface area contributed by atoms with Crippen molar-refractivity contribution in [3.05, 3.63) is 0 Å². The van der Waals surface area contributed by atoms with Crippen LogP contribution < -0.4 is 5.32 Å². The predicted molar refractivity (Wildman–Crippen MR) is 62.1 cm³/mol. The highest BCUT2D eigenvalue weighted by atomic mass is 16.5. The van der Waals surface area contributed by atoms with E-state index in [0.717, 1.165) is 32.5 Å². The molecule has 1 aliphatic heterocycles. The first-order valence-corrected chi connectivity index (χ1v) is 6.03. The molecule has 0 aliphatic carbocycles. The highest BCUT2D eigenvalue weighted by Crippen LogP contribution is 2.19. The van der Waals surface area contributed by atoms with Gasteiger partial charge >= 0.3 is 0 Å². The van der Waals surface area contributed by atoms with Crippen molar-refractivity contribution in [3.8, 4) is 0 Å². The Kier molecular flexibility index (Phi) is 5.22. The van der Waals surface area contributed by atoms with Crippen molar-refractivity contribution in [3.63, 3.8) is 0 Å². The Labute approximate surface area is 97.4 Å². The fourth-order valence-electron chi connectivity index (χ4n) is 1.85. The highest BCUT2D eigenvalue weighted by molar-refractivity contribution is 5.76.